The molecule has 0 fully saturated rings. The molecule has 1 heterocycles. The van der Waals surface area contributed by atoms with Crippen molar-refractivity contribution in [3.05, 3.63) is 59.4 Å². The number of aliphatic hydroxyl groups is 1. The Hall–Kier alpha value is -2.48. The topological polar surface area (TPSA) is 59.4 Å². The number of carbonyl (C=O) groups excluding carboxylic acids is 1. The molecule has 8 heteroatoms. The third-order valence-corrected chi connectivity index (χ3v) is 4.76. The number of ketones is 1. The number of pyridine rings is 1. The second-order valence-electron chi connectivity index (χ2n) is 6.69. The largest absolute Gasteiger partial charge is 0.494 e. The van der Waals surface area contributed by atoms with E-state index in [1.165, 1.54) is 30.5 Å². The number of ether oxygens (including phenoxy) is 1. The van der Waals surface area contributed by atoms with Crippen molar-refractivity contribution in [2.24, 2.45) is 0 Å². The first kappa shape index (κ1) is 20.3. The quantitative estimate of drug-likeness (QED) is 0.575. The molecular formula is C20H19F4NO3. The van der Waals surface area contributed by atoms with Crippen molar-refractivity contribution in [3.8, 4) is 5.75 Å². The van der Waals surface area contributed by atoms with Crippen molar-refractivity contribution in [2.75, 3.05) is 6.61 Å². The molecule has 1 aliphatic carbocycles. The first-order valence-electron chi connectivity index (χ1n) is 8.87. The Bertz CT molecular complexity index is 855. The molecule has 0 saturated heterocycles. The van der Waals surface area contributed by atoms with Crippen molar-refractivity contribution < 1.29 is 32.2 Å². The minimum Gasteiger partial charge on any atom is -0.494 e. The van der Waals surface area contributed by atoms with Gasteiger partial charge in [0.05, 0.1) is 24.0 Å². The fourth-order valence-corrected chi connectivity index (χ4v) is 3.30. The molecule has 0 unspecified atom stereocenters. The predicted molar refractivity (Wildman–Crippen MR) is 92.4 cm³/mol. The smallest absolute Gasteiger partial charge is 0.416 e. The highest BCUT2D eigenvalue weighted by molar-refractivity contribution is 5.89. The lowest BCUT2D eigenvalue weighted by Gasteiger charge is -2.32. The molecule has 0 radical (unpaired) electrons. The van der Waals surface area contributed by atoms with Crippen molar-refractivity contribution in [2.45, 2.75) is 43.6 Å². The van der Waals surface area contributed by atoms with Crippen LogP contribution in [0, 0.1) is 0 Å². The Kier molecular flexibility index (Phi) is 5.69. The maximum Gasteiger partial charge on any atom is 0.416 e. The van der Waals surface area contributed by atoms with Crippen molar-refractivity contribution in [3.63, 3.8) is 0 Å². The summed E-state index contributed by atoms with van der Waals surface area (Å²) in [5.74, 6) is -0.617. The van der Waals surface area contributed by atoms with E-state index in [-0.39, 0.29) is 49.3 Å². The molecule has 0 bridgehead atoms. The zero-order chi connectivity index (χ0) is 20.4. The summed E-state index contributed by atoms with van der Waals surface area (Å²) in [4.78, 5) is 16.5. The number of alkyl halides is 4. The van der Waals surface area contributed by atoms with E-state index in [9.17, 15) is 23.1 Å². The van der Waals surface area contributed by atoms with Crippen LogP contribution in [-0.4, -0.2) is 22.5 Å². The number of benzene rings is 1. The van der Waals surface area contributed by atoms with Gasteiger partial charge in [-0.05, 0) is 43.5 Å². The van der Waals surface area contributed by atoms with Crippen molar-refractivity contribution >= 4 is 5.78 Å². The zero-order valence-corrected chi connectivity index (χ0v) is 14.9. The molecule has 1 N–H and O–H groups in total. The van der Waals surface area contributed by atoms with Gasteiger partial charge in [-0.3, -0.25) is 9.78 Å². The Morgan fingerprint density at radius 1 is 1.29 bits per heavy atom. The number of carbonyl (C=O) groups is 1. The summed E-state index contributed by atoms with van der Waals surface area (Å²) in [7, 11) is 0. The Balaban J connectivity index is 1.59. The van der Waals surface area contributed by atoms with Crippen molar-refractivity contribution in [1.29, 1.82) is 0 Å². The monoisotopic (exact) mass is 397 g/mol. The molecule has 3 rings (SSSR count). The van der Waals surface area contributed by atoms with Gasteiger partial charge in [0.15, 0.2) is 11.5 Å². The standard InChI is InChI=1S/C20H19F4NO3/c21-19(9-8-16(26)18-15(19)6-2-10-25-18)17(27)7-3-11-28-14-5-1-4-13(12-14)20(22,23)24/h1-2,4-6,10,12,16,26H,3,7-9,11H2/t16-,19-/m0/s1. The maximum absolute atomic E-state index is 15.4. The van der Waals surface area contributed by atoms with Crippen molar-refractivity contribution in [1.82, 2.24) is 4.98 Å². The SMILES string of the molecule is O=C(CCCOc1cccc(C(F)(F)F)c1)[C@]1(F)CC[C@H](O)c2ncccc21. The second kappa shape index (κ2) is 7.87. The number of nitrogens with zero attached hydrogens (tertiary/aromatic N) is 1. The van der Waals surface area contributed by atoms with E-state index in [1.807, 2.05) is 0 Å². The van der Waals surface area contributed by atoms with Gasteiger partial charge >= 0.3 is 6.18 Å². The minimum absolute atomic E-state index is 0.0222. The van der Waals surface area contributed by atoms with Gasteiger partial charge in [0, 0.05) is 18.2 Å². The molecule has 1 aliphatic rings. The molecule has 4 nitrogen and oxygen atoms in total. The number of halogens is 4. The summed E-state index contributed by atoms with van der Waals surface area (Å²) >= 11 is 0. The lowest BCUT2D eigenvalue weighted by molar-refractivity contribution is -0.137. The van der Waals surface area contributed by atoms with E-state index in [2.05, 4.69) is 4.98 Å². The normalized spacial score (nSPS) is 21.8. The third kappa shape index (κ3) is 4.16. The van der Waals surface area contributed by atoms with E-state index in [1.54, 1.807) is 0 Å². The zero-order valence-electron chi connectivity index (χ0n) is 14.9. The predicted octanol–water partition coefficient (Wildman–Crippen LogP) is 4.52. The number of aliphatic hydroxyl groups excluding tert-OH is 1. The van der Waals surface area contributed by atoms with E-state index in [4.69, 9.17) is 4.74 Å². The molecule has 28 heavy (non-hydrogen) atoms. The minimum atomic E-state index is -4.47. The molecule has 0 spiro atoms. The molecular weight excluding hydrogens is 378 g/mol. The molecule has 2 aromatic rings. The van der Waals surface area contributed by atoms with E-state index in [0.29, 0.717) is 0 Å². The highest BCUT2D eigenvalue weighted by Gasteiger charge is 2.45. The van der Waals surface area contributed by atoms with Crippen LogP contribution in [0.3, 0.4) is 0 Å². The Labute approximate surface area is 159 Å². The number of hydrogen-bond acceptors (Lipinski definition) is 4. The van der Waals surface area contributed by atoms with Crippen LogP contribution in [0.15, 0.2) is 42.6 Å². The molecule has 0 aliphatic heterocycles. The van der Waals surface area contributed by atoms with Gasteiger partial charge in [0.1, 0.15) is 5.75 Å². The molecule has 150 valence electrons. The fraction of sp³-hybridized carbons (Fsp3) is 0.400. The summed E-state index contributed by atoms with van der Waals surface area (Å²) in [5.41, 5.74) is -2.80. The Morgan fingerprint density at radius 2 is 2.07 bits per heavy atom. The third-order valence-electron chi connectivity index (χ3n) is 4.76. The molecule has 0 saturated carbocycles. The first-order valence-corrected chi connectivity index (χ1v) is 8.87. The van der Waals surface area contributed by atoms with Crippen LogP contribution in [0.2, 0.25) is 0 Å². The number of Topliss-reactive ketones (excluding diaryl/α,β-unsaturated/α-hetero) is 1. The molecule has 0 amide bonds. The lowest BCUT2D eigenvalue weighted by atomic mass is 9.78. The average Bonchev–Trinajstić information content (AvgIpc) is 2.68. The van der Waals surface area contributed by atoms with Crippen LogP contribution in [0.4, 0.5) is 17.6 Å². The molecule has 2 atom stereocenters. The Morgan fingerprint density at radius 3 is 2.82 bits per heavy atom. The van der Waals surface area contributed by atoms with E-state index >= 15 is 4.39 Å². The van der Waals surface area contributed by atoms with Gasteiger partial charge in [-0.1, -0.05) is 12.1 Å². The van der Waals surface area contributed by atoms with Gasteiger partial charge in [0.25, 0.3) is 0 Å². The van der Waals surface area contributed by atoms with Crippen LogP contribution >= 0.6 is 0 Å². The van der Waals surface area contributed by atoms with Gasteiger partial charge in [-0.15, -0.1) is 0 Å². The van der Waals surface area contributed by atoms with Gasteiger partial charge in [0.2, 0.25) is 0 Å². The highest BCUT2D eigenvalue weighted by atomic mass is 19.4. The summed E-state index contributed by atoms with van der Waals surface area (Å²) in [6.45, 7) is -0.0222. The summed E-state index contributed by atoms with van der Waals surface area (Å²) in [5, 5.41) is 9.95. The van der Waals surface area contributed by atoms with Crippen LogP contribution in [-0.2, 0) is 16.6 Å². The van der Waals surface area contributed by atoms with E-state index in [0.717, 1.165) is 12.1 Å². The molecule has 1 aromatic heterocycles. The average molecular weight is 397 g/mol. The summed E-state index contributed by atoms with van der Waals surface area (Å²) < 4.78 is 58.8. The fourth-order valence-electron chi connectivity index (χ4n) is 3.30. The highest BCUT2D eigenvalue weighted by Crippen LogP contribution is 2.43. The number of fused-ring (bicyclic) bond motifs is 1. The summed E-state index contributed by atoms with van der Waals surface area (Å²) in [6.07, 6.45) is -3.98. The number of aromatic nitrogens is 1. The number of rotatable bonds is 6. The van der Waals surface area contributed by atoms with Crippen LogP contribution < -0.4 is 4.74 Å². The van der Waals surface area contributed by atoms with E-state index < -0.39 is 29.3 Å². The first-order chi connectivity index (χ1) is 13.2. The lowest BCUT2D eigenvalue weighted by Crippen LogP contribution is -2.36. The number of hydrogen-bond donors (Lipinski definition) is 1. The second-order valence-corrected chi connectivity index (χ2v) is 6.69. The van der Waals surface area contributed by atoms with Gasteiger partial charge in [-0.25, -0.2) is 4.39 Å². The van der Waals surface area contributed by atoms with Gasteiger partial charge < -0.3 is 9.84 Å². The van der Waals surface area contributed by atoms with Crippen LogP contribution in [0.25, 0.3) is 0 Å². The maximum atomic E-state index is 15.4. The molecule has 1 aromatic carbocycles. The summed E-state index contributed by atoms with van der Waals surface area (Å²) in [6, 6.07) is 7.39. The van der Waals surface area contributed by atoms with Crippen LogP contribution in [0.5, 0.6) is 5.75 Å². The van der Waals surface area contributed by atoms with Gasteiger partial charge in [-0.2, -0.15) is 13.2 Å². The van der Waals surface area contributed by atoms with Crippen LogP contribution in [0.1, 0.15) is 48.6 Å².